The molecule has 1 aromatic carbocycles. The average Bonchev–Trinajstić information content (AvgIpc) is 3.04. The smallest absolute Gasteiger partial charge is 0.240 e. The van der Waals surface area contributed by atoms with Gasteiger partial charge in [-0.2, -0.15) is 0 Å². The summed E-state index contributed by atoms with van der Waals surface area (Å²) in [6, 6.07) is 6.61. The second-order valence-corrected chi connectivity index (χ2v) is 7.54. The zero-order valence-corrected chi connectivity index (χ0v) is 14.8. The maximum Gasteiger partial charge on any atom is 0.240 e. The van der Waals surface area contributed by atoms with Gasteiger partial charge in [0.2, 0.25) is 15.9 Å². The highest BCUT2D eigenvalue weighted by atomic mass is 32.2. The van der Waals surface area contributed by atoms with Gasteiger partial charge in [0.05, 0.1) is 24.7 Å². The fourth-order valence-corrected chi connectivity index (χ4v) is 3.35. The van der Waals surface area contributed by atoms with Gasteiger partial charge in [0.15, 0.2) is 0 Å². The van der Waals surface area contributed by atoms with Crippen LogP contribution >= 0.6 is 0 Å². The molecule has 1 aliphatic heterocycles. The molecule has 1 saturated heterocycles. The molecule has 8 heteroatoms. The predicted octanol–water partition coefficient (Wildman–Crippen LogP) is 1.15. The lowest BCUT2D eigenvalue weighted by Crippen LogP contribution is -2.42. The molecule has 0 aromatic heterocycles. The van der Waals surface area contributed by atoms with Crippen molar-refractivity contribution in [3.8, 4) is 5.75 Å². The first-order valence-electron chi connectivity index (χ1n) is 7.99. The molecule has 1 fully saturated rings. The number of carbonyl (C=O) groups is 1. The number of benzene rings is 1. The number of carbonyl (C=O) groups excluding carboxylic acids is 1. The largest absolute Gasteiger partial charge is 0.494 e. The molecule has 0 saturated carbocycles. The Balaban J connectivity index is 2.01. The molecule has 1 atom stereocenters. The van der Waals surface area contributed by atoms with Gasteiger partial charge in [0, 0.05) is 13.2 Å². The number of nitrogens with zero attached hydrogens (tertiary/aromatic N) is 1. The van der Waals surface area contributed by atoms with Crippen molar-refractivity contribution < 1.29 is 22.7 Å². The standard InChI is InChI=1S/C16H24N2O5S/c1-3-22-14-8-6-13(7-9-14)18(24(2,20)21)12-16(19)17-11-15-5-4-10-23-15/h6-9,15H,3-5,10-12H2,1-2H3,(H,17,19)/t15-/m0/s1. The number of sulfonamides is 1. The molecule has 1 heterocycles. The van der Waals surface area contributed by atoms with Crippen LogP contribution in [-0.2, 0) is 19.6 Å². The summed E-state index contributed by atoms with van der Waals surface area (Å²) in [7, 11) is -3.58. The lowest BCUT2D eigenvalue weighted by atomic mass is 10.2. The highest BCUT2D eigenvalue weighted by Crippen LogP contribution is 2.21. The molecule has 0 spiro atoms. The van der Waals surface area contributed by atoms with Crippen LogP contribution in [0.5, 0.6) is 5.75 Å². The maximum absolute atomic E-state index is 12.1. The zero-order chi connectivity index (χ0) is 17.6. The number of rotatable bonds is 8. The molecule has 1 amide bonds. The topological polar surface area (TPSA) is 84.9 Å². The third kappa shape index (κ3) is 5.38. The Labute approximate surface area is 143 Å². The fourth-order valence-electron chi connectivity index (χ4n) is 2.49. The summed E-state index contributed by atoms with van der Waals surface area (Å²) in [4.78, 5) is 12.1. The van der Waals surface area contributed by atoms with Gasteiger partial charge >= 0.3 is 0 Å². The molecule has 1 aromatic rings. The van der Waals surface area contributed by atoms with Gasteiger partial charge in [-0.3, -0.25) is 9.10 Å². The van der Waals surface area contributed by atoms with E-state index in [4.69, 9.17) is 9.47 Å². The van der Waals surface area contributed by atoms with Gasteiger partial charge in [0.1, 0.15) is 12.3 Å². The van der Waals surface area contributed by atoms with Crippen LogP contribution in [0.1, 0.15) is 19.8 Å². The third-order valence-electron chi connectivity index (χ3n) is 3.67. The molecule has 0 unspecified atom stereocenters. The molecular weight excluding hydrogens is 332 g/mol. The van der Waals surface area contributed by atoms with Crippen molar-refractivity contribution in [2.75, 3.05) is 36.9 Å². The van der Waals surface area contributed by atoms with E-state index in [1.54, 1.807) is 24.3 Å². The van der Waals surface area contributed by atoms with E-state index in [0.29, 0.717) is 31.2 Å². The van der Waals surface area contributed by atoms with Gasteiger partial charge in [-0.1, -0.05) is 0 Å². The number of hydrogen-bond acceptors (Lipinski definition) is 5. The Hall–Kier alpha value is -1.80. The monoisotopic (exact) mass is 356 g/mol. The second kappa shape index (κ2) is 8.34. The van der Waals surface area contributed by atoms with Crippen LogP contribution in [-0.4, -0.2) is 53.0 Å². The van der Waals surface area contributed by atoms with Crippen LogP contribution in [0.25, 0.3) is 0 Å². The maximum atomic E-state index is 12.1. The first-order chi connectivity index (χ1) is 11.4. The van der Waals surface area contributed by atoms with Gasteiger partial charge in [-0.05, 0) is 44.0 Å². The van der Waals surface area contributed by atoms with Crippen LogP contribution in [0.2, 0.25) is 0 Å². The van der Waals surface area contributed by atoms with Crippen molar-refractivity contribution >= 4 is 21.6 Å². The van der Waals surface area contributed by atoms with Crippen LogP contribution in [0.4, 0.5) is 5.69 Å². The Morgan fingerprint density at radius 1 is 1.38 bits per heavy atom. The summed E-state index contributed by atoms with van der Waals surface area (Å²) in [6.07, 6.45) is 3.00. The molecule has 0 radical (unpaired) electrons. The van der Waals surface area contributed by atoms with Crippen LogP contribution in [0.3, 0.4) is 0 Å². The van der Waals surface area contributed by atoms with E-state index >= 15 is 0 Å². The second-order valence-electron chi connectivity index (χ2n) is 5.64. The Morgan fingerprint density at radius 2 is 2.08 bits per heavy atom. The van der Waals surface area contributed by atoms with E-state index < -0.39 is 10.0 Å². The van der Waals surface area contributed by atoms with E-state index in [1.807, 2.05) is 6.92 Å². The summed E-state index contributed by atoms with van der Waals surface area (Å²) in [5, 5.41) is 2.73. The van der Waals surface area contributed by atoms with Gasteiger partial charge < -0.3 is 14.8 Å². The minimum absolute atomic E-state index is 0.0195. The number of anilines is 1. The van der Waals surface area contributed by atoms with Crippen molar-refractivity contribution in [3.63, 3.8) is 0 Å². The summed E-state index contributed by atoms with van der Waals surface area (Å²) in [5.74, 6) is 0.294. The number of ether oxygens (including phenoxy) is 2. The minimum Gasteiger partial charge on any atom is -0.494 e. The van der Waals surface area contributed by atoms with Gasteiger partial charge in [-0.25, -0.2) is 8.42 Å². The van der Waals surface area contributed by atoms with Crippen molar-refractivity contribution in [1.29, 1.82) is 0 Å². The number of hydrogen-bond donors (Lipinski definition) is 1. The molecular formula is C16H24N2O5S. The first-order valence-corrected chi connectivity index (χ1v) is 9.84. The number of nitrogens with one attached hydrogen (secondary N) is 1. The van der Waals surface area contributed by atoms with Crippen molar-refractivity contribution in [2.45, 2.75) is 25.9 Å². The fraction of sp³-hybridized carbons (Fsp3) is 0.562. The molecule has 0 bridgehead atoms. The zero-order valence-electron chi connectivity index (χ0n) is 14.0. The predicted molar refractivity (Wildman–Crippen MR) is 91.8 cm³/mol. The van der Waals surface area contributed by atoms with Crippen LogP contribution in [0.15, 0.2) is 24.3 Å². The summed E-state index contributed by atoms with van der Waals surface area (Å²) in [6.45, 7) is 3.25. The van der Waals surface area contributed by atoms with Gasteiger partial charge in [0.25, 0.3) is 0 Å². The first kappa shape index (κ1) is 18.5. The average molecular weight is 356 g/mol. The molecule has 134 valence electrons. The SMILES string of the molecule is CCOc1ccc(N(CC(=O)NC[C@@H]2CCCO2)S(C)(=O)=O)cc1. The van der Waals surface area contributed by atoms with Crippen molar-refractivity contribution in [3.05, 3.63) is 24.3 Å². The third-order valence-corrected chi connectivity index (χ3v) is 4.81. The molecule has 1 aliphatic rings. The van der Waals surface area contributed by atoms with E-state index in [-0.39, 0.29) is 18.6 Å². The van der Waals surface area contributed by atoms with Crippen LogP contribution < -0.4 is 14.4 Å². The normalized spacial score (nSPS) is 17.5. The lowest BCUT2D eigenvalue weighted by molar-refractivity contribution is -0.120. The Bertz CT molecular complexity index is 639. The number of amides is 1. The lowest BCUT2D eigenvalue weighted by Gasteiger charge is -2.22. The molecule has 24 heavy (non-hydrogen) atoms. The van der Waals surface area contributed by atoms with E-state index in [1.165, 1.54) is 0 Å². The van der Waals surface area contributed by atoms with E-state index in [0.717, 1.165) is 23.4 Å². The summed E-state index contributed by atoms with van der Waals surface area (Å²) < 4.78 is 35.9. The quantitative estimate of drug-likeness (QED) is 0.755. The Morgan fingerprint density at radius 3 is 2.62 bits per heavy atom. The van der Waals surface area contributed by atoms with Crippen LogP contribution in [0, 0.1) is 0 Å². The van der Waals surface area contributed by atoms with Crippen molar-refractivity contribution in [2.24, 2.45) is 0 Å². The van der Waals surface area contributed by atoms with Gasteiger partial charge in [-0.15, -0.1) is 0 Å². The molecule has 0 aliphatic carbocycles. The summed E-state index contributed by atoms with van der Waals surface area (Å²) >= 11 is 0. The Kier molecular flexibility index (Phi) is 6.44. The molecule has 7 nitrogen and oxygen atoms in total. The van der Waals surface area contributed by atoms with E-state index in [2.05, 4.69) is 5.32 Å². The van der Waals surface area contributed by atoms with Crippen molar-refractivity contribution in [1.82, 2.24) is 5.32 Å². The minimum atomic E-state index is -3.58. The molecule has 2 rings (SSSR count). The highest BCUT2D eigenvalue weighted by Gasteiger charge is 2.22. The van der Waals surface area contributed by atoms with E-state index in [9.17, 15) is 13.2 Å². The highest BCUT2D eigenvalue weighted by molar-refractivity contribution is 7.92. The summed E-state index contributed by atoms with van der Waals surface area (Å²) in [5.41, 5.74) is 0.424. The molecule has 1 N–H and O–H groups in total.